The number of rotatable bonds is 6. The van der Waals surface area contributed by atoms with Crippen LogP contribution >= 0.6 is 34.0 Å². The van der Waals surface area contributed by atoms with Crippen molar-refractivity contribution in [2.24, 2.45) is 14.1 Å². The molecule has 7 aromatic heterocycles. The van der Waals surface area contributed by atoms with E-state index in [2.05, 4.69) is 34.2 Å². The molecule has 0 saturated carbocycles. The van der Waals surface area contributed by atoms with E-state index in [-0.39, 0.29) is 11.1 Å². The van der Waals surface area contributed by atoms with Crippen molar-refractivity contribution in [1.82, 2.24) is 19.1 Å². The number of thiophene rings is 3. The van der Waals surface area contributed by atoms with Crippen molar-refractivity contribution in [3.63, 3.8) is 0 Å². The zero-order valence-corrected chi connectivity index (χ0v) is 26.0. The van der Waals surface area contributed by atoms with Crippen molar-refractivity contribution in [3.8, 4) is 52.1 Å². The normalized spacial score (nSPS) is 11.4. The predicted molar refractivity (Wildman–Crippen MR) is 176 cm³/mol. The quantitative estimate of drug-likeness (QED) is 0.197. The van der Waals surface area contributed by atoms with Gasteiger partial charge in [-0.1, -0.05) is 0 Å². The Kier molecular flexibility index (Phi) is 6.72. The van der Waals surface area contributed by atoms with Gasteiger partial charge in [0.15, 0.2) is 0 Å². The standard InChI is InChI=1S/C32H24N4O4S3/c1-35-21-5-13-29(39-3)33-19(21)15-17(31(35)37)23-7-9-25(41-23)27-11-12-28(43-27)26-10-8-24(42-26)18-16-20-22(36(2)32(18)38)6-14-30(34-20)40-4/h5-16H,1-4H3. The van der Waals surface area contributed by atoms with Gasteiger partial charge >= 0.3 is 0 Å². The molecule has 7 heterocycles. The first-order chi connectivity index (χ1) is 20.8. The van der Waals surface area contributed by atoms with E-state index in [9.17, 15) is 9.59 Å². The van der Waals surface area contributed by atoms with E-state index in [0.717, 1.165) is 40.3 Å². The summed E-state index contributed by atoms with van der Waals surface area (Å²) in [6.45, 7) is 0. The third-order valence-corrected chi connectivity index (χ3v) is 11.1. The van der Waals surface area contributed by atoms with Crippen molar-refractivity contribution < 1.29 is 9.47 Å². The number of ether oxygens (including phenoxy) is 2. The number of hydrogen-bond donors (Lipinski definition) is 0. The lowest BCUT2D eigenvalue weighted by molar-refractivity contribution is 0.399. The van der Waals surface area contributed by atoms with Crippen LogP contribution in [-0.4, -0.2) is 33.3 Å². The molecule has 0 N–H and O–H groups in total. The summed E-state index contributed by atoms with van der Waals surface area (Å²) in [6, 6.07) is 23.2. The fourth-order valence-electron chi connectivity index (χ4n) is 5.07. The molecular weight excluding hydrogens is 601 g/mol. The lowest BCUT2D eigenvalue weighted by atomic mass is 10.2. The molecule has 0 amide bonds. The lowest BCUT2D eigenvalue weighted by Gasteiger charge is -2.08. The maximum Gasteiger partial charge on any atom is 0.259 e. The van der Waals surface area contributed by atoms with Gasteiger partial charge in [-0.3, -0.25) is 9.59 Å². The zero-order chi connectivity index (χ0) is 29.8. The first-order valence-electron chi connectivity index (χ1n) is 13.2. The Balaban J connectivity index is 1.21. The number of nitrogens with zero attached hydrogens (tertiary/aromatic N) is 4. The maximum absolute atomic E-state index is 13.2. The zero-order valence-electron chi connectivity index (χ0n) is 23.6. The predicted octanol–water partition coefficient (Wildman–Crippen LogP) is 7.05. The van der Waals surface area contributed by atoms with E-state index in [1.807, 2.05) is 36.4 Å². The summed E-state index contributed by atoms with van der Waals surface area (Å²) in [7, 11) is 6.68. The van der Waals surface area contributed by atoms with Gasteiger partial charge in [0.2, 0.25) is 11.8 Å². The van der Waals surface area contributed by atoms with Crippen LogP contribution in [0.1, 0.15) is 0 Å². The molecule has 11 heteroatoms. The fraction of sp³-hybridized carbons (Fsp3) is 0.125. The fourth-order valence-corrected chi connectivity index (χ4v) is 8.28. The van der Waals surface area contributed by atoms with Gasteiger partial charge in [0.25, 0.3) is 11.1 Å². The summed E-state index contributed by atoms with van der Waals surface area (Å²) in [5, 5.41) is 0. The van der Waals surface area contributed by atoms with Crippen LogP contribution in [0.5, 0.6) is 11.8 Å². The molecule has 0 aliphatic carbocycles. The SMILES string of the molecule is COc1ccc2c(cc(-c3ccc(-c4ccc(-c5ccc(-c6cc7nc(OC)ccc7n(C)c6=O)s5)s4)s3)c(=O)n2C)n1. The number of hydrogen-bond acceptors (Lipinski definition) is 9. The second-order valence-corrected chi connectivity index (χ2v) is 13.1. The molecule has 43 heavy (non-hydrogen) atoms. The number of aryl methyl sites for hydroxylation is 2. The average Bonchev–Trinajstić information content (AvgIpc) is 3.81. The molecule has 0 bridgehead atoms. The number of pyridine rings is 4. The highest BCUT2D eigenvalue weighted by Gasteiger charge is 2.17. The molecular formula is C32H24N4O4S3. The van der Waals surface area contributed by atoms with Crippen LogP contribution in [0.2, 0.25) is 0 Å². The first kappa shape index (κ1) is 27.3. The molecule has 0 unspecified atom stereocenters. The van der Waals surface area contributed by atoms with Gasteiger partial charge < -0.3 is 18.6 Å². The van der Waals surface area contributed by atoms with E-state index >= 15 is 0 Å². The van der Waals surface area contributed by atoms with Crippen LogP contribution in [0.4, 0.5) is 0 Å². The van der Waals surface area contributed by atoms with Gasteiger partial charge in [0, 0.05) is 55.5 Å². The van der Waals surface area contributed by atoms with Crippen LogP contribution < -0.4 is 20.6 Å². The number of fused-ring (bicyclic) bond motifs is 2. The van der Waals surface area contributed by atoms with Crippen molar-refractivity contribution in [2.45, 2.75) is 0 Å². The van der Waals surface area contributed by atoms with Crippen molar-refractivity contribution >= 4 is 56.1 Å². The van der Waals surface area contributed by atoms with Crippen LogP contribution in [0.25, 0.3) is 62.5 Å². The summed E-state index contributed by atoms with van der Waals surface area (Å²) in [5.41, 5.74) is 3.98. The summed E-state index contributed by atoms with van der Waals surface area (Å²) < 4.78 is 13.8. The van der Waals surface area contributed by atoms with Crippen molar-refractivity contribution in [1.29, 1.82) is 0 Å². The Labute approximate surface area is 257 Å². The van der Waals surface area contributed by atoms with Crippen LogP contribution in [0, 0.1) is 0 Å². The van der Waals surface area contributed by atoms with Crippen LogP contribution in [-0.2, 0) is 14.1 Å². The largest absolute Gasteiger partial charge is 0.481 e. The second-order valence-electron chi connectivity index (χ2n) is 9.85. The summed E-state index contributed by atoms with van der Waals surface area (Å²) in [6.07, 6.45) is 0. The Hall–Kier alpha value is -4.58. The molecule has 7 aromatic rings. The maximum atomic E-state index is 13.2. The highest BCUT2D eigenvalue weighted by Crippen LogP contribution is 2.43. The van der Waals surface area contributed by atoms with Crippen molar-refractivity contribution in [2.75, 3.05) is 14.2 Å². The molecule has 0 aliphatic heterocycles. The van der Waals surface area contributed by atoms with Crippen LogP contribution in [0.15, 0.2) is 82.4 Å². The van der Waals surface area contributed by atoms with Gasteiger partial charge in [-0.05, 0) is 60.7 Å². The van der Waals surface area contributed by atoms with E-state index in [1.165, 1.54) is 0 Å². The number of methoxy groups -OCH3 is 2. The first-order valence-corrected chi connectivity index (χ1v) is 15.7. The molecule has 0 spiro atoms. The van der Waals surface area contributed by atoms with E-state index in [0.29, 0.717) is 33.9 Å². The molecule has 8 nitrogen and oxygen atoms in total. The van der Waals surface area contributed by atoms with Crippen LogP contribution in [0.3, 0.4) is 0 Å². The van der Waals surface area contributed by atoms with Crippen molar-refractivity contribution in [3.05, 3.63) is 93.5 Å². The topological polar surface area (TPSA) is 88.2 Å². The molecule has 0 radical (unpaired) electrons. The minimum atomic E-state index is -0.0701. The minimum absolute atomic E-state index is 0.0701. The molecule has 0 aliphatic rings. The van der Waals surface area contributed by atoms with Gasteiger partial charge in [0.1, 0.15) is 0 Å². The third kappa shape index (κ3) is 4.66. The highest BCUT2D eigenvalue weighted by atomic mass is 32.1. The third-order valence-electron chi connectivity index (χ3n) is 7.36. The summed E-state index contributed by atoms with van der Waals surface area (Å²) in [5.74, 6) is 1.01. The molecule has 0 saturated heterocycles. The smallest absolute Gasteiger partial charge is 0.259 e. The Morgan fingerprint density at radius 3 is 1.26 bits per heavy atom. The number of aromatic nitrogens is 4. The Morgan fingerprint density at radius 2 is 0.884 bits per heavy atom. The second kappa shape index (κ2) is 10.6. The van der Waals surface area contributed by atoms with E-state index in [4.69, 9.17) is 9.47 Å². The summed E-state index contributed by atoms with van der Waals surface area (Å²) >= 11 is 4.84. The molecule has 0 fully saturated rings. The molecule has 0 aromatic carbocycles. The summed E-state index contributed by atoms with van der Waals surface area (Å²) in [4.78, 5) is 41.6. The van der Waals surface area contributed by atoms with Gasteiger partial charge in [-0.25, -0.2) is 9.97 Å². The highest BCUT2D eigenvalue weighted by molar-refractivity contribution is 7.27. The Bertz CT molecular complexity index is 2150. The van der Waals surface area contributed by atoms with Gasteiger partial charge in [-0.2, -0.15) is 0 Å². The monoisotopic (exact) mass is 624 g/mol. The lowest BCUT2D eigenvalue weighted by Crippen LogP contribution is -2.18. The Morgan fingerprint density at radius 1 is 0.535 bits per heavy atom. The average molecular weight is 625 g/mol. The van der Waals surface area contributed by atoms with E-state index < -0.39 is 0 Å². The van der Waals surface area contributed by atoms with Gasteiger partial charge in [0.05, 0.1) is 47.4 Å². The molecule has 0 atom stereocenters. The molecule has 7 rings (SSSR count). The van der Waals surface area contributed by atoms with Gasteiger partial charge in [-0.15, -0.1) is 34.0 Å². The minimum Gasteiger partial charge on any atom is -0.481 e. The molecule has 214 valence electrons. The van der Waals surface area contributed by atoms with E-state index in [1.54, 1.807) is 83.6 Å².